The van der Waals surface area contributed by atoms with Crippen molar-refractivity contribution < 1.29 is 48.5 Å². The maximum absolute atomic E-state index is 15.7. The van der Waals surface area contributed by atoms with Crippen molar-refractivity contribution in [1.29, 1.82) is 0 Å². The van der Waals surface area contributed by atoms with Crippen LogP contribution in [0.15, 0.2) is 93.6 Å². The number of carbonyl (C=O) groups is 7. The highest BCUT2D eigenvalue weighted by atomic mass is 32.1. The number of nitrogens with zero attached hydrogens (tertiary/aromatic N) is 9. The molecule has 2 saturated heterocycles. The smallest absolute Gasteiger partial charge is 0.410 e. The molecule has 0 aliphatic carbocycles. The Morgan fingerprint density at radius 1 is 0.663 bits per heavy atom. The summed E-state index contributed by atoms with van der Waals surface area (Å²) in [6.07, 6.45) is -0.529. The largest absolute Gasteiger partial charge is 0.508 e. The van der Waals surface area contributed by atoms with E-state index in [9.17, 15) is 39.0 Å². The standard InChI is InChI=1S/C59H54N14O10S6/c1-27-41(83-59(82)72-17-7-4-8-18-72)21-73-46(27)57-69-40(26-88-57)54-65-36(22-85-54)44-32(15-16-33(62-44)53-66-37(23-86-53)48(61)77)52-67-38(24-84-52)49(78)63-34(20-42(60)75)55-71-43(28(2)89-55)51(80)70-45(47(76)30-9-5-3-6-10-30)56-68-39(25-87-56)50(79)64-35(58(73)81)19-29-11-13-31(74)14-12-29/h3,5-6,9-16,22-27,34-35,41,45-47,74,76H,4,7-8,17-21H2,1-2H3,(H2,60,75)(H2,61,77)(H,63,78)(H,64,79)(H,70,80)/t27-,34-,35-,41-,45-,46-,47+/m0/s1. The van der Waals surface area contributed by atoms with Crippen molar-refractivity contribution in [2.24, 2.45) is 17.4 Å². The number of nitrogens with one attached hydrogen (secondary N) is 3. The number of primary amides is 2. The van der Waals surface area contributed by atoms with Crippen LogP contribution in [0, 0.1) is 12.8 Å². The number of aliphatic hydroxyl groups excluding tert-OH is 1. The number of aromatic nitrogens is 7. The number of phenols is 1. The molecule has 9 N–H and O–H groups in total. The first-order valence-electron chi connectivity index (χ1n) is 28.0. The van der Waals surface area contributed by atoms with Crippen molar-refractivity contribution in [3.8, 4) is 49.1 Å². The number of ether oxygens (including phenoxy) is 1. The third kappa shape index (κ3) is 12.9. The van der Waals surface area contributed by atoms with Gasteiger partial charge in [-0.3, -0.25) is 28.8 Å². The van der Waals surface area contributed by atoms with Crippen LogP contribution in [0.3, 0.4) is 0 Å². The summed E-state index contributed by atoms with van der Waals surface area (Å²) in [5, 5.41) is 41.1. The topological polar surface area (TPSA) is 354 Å². The molecule has 456 valence electrons. The van der Waals surface area contributed by atoms with E-state index in [4.69, 9.17) is 36.1 Å². The first-order chi connectivity index (χ1) is 42.9. The van der Waals surface area contributed by atoms with Gasteiger partial charge in [-0.15, -0.1) is 68.0 Å². The van der Waals surface area contributed by atoms with Gasteiger partial charge < -0.3 is 52.2 Å². The zero-order chi connectivity index (χ0) is 62.2. The van der Waals surface area contributed by atoms with E-state index < -0.39 is 90.3 Å². The summed E-state index contributed by atoms with van der Waals surface area (Å²) in [6, 6.07) is 13.7. The Labute approximate surface area is 531 Å². The monoisotopic (exact) mass is 1310 g/mol. The normalized spacial score (nSPS) is 20.2. The van der Waals surface area contributed by atoms with Gasteiger partial charge in [0.1, 0.15) is 99.9 Å². The first kappa shape index (κ1) is 60.5. The SMILES string of the molecule is Cc1sc2nc1C(=O)N[C@@H]([C@H](O)c1ccccc1)c1nc(cs1)C(=O)N[C@@H](Cc1ccc(O)cc1)C(=O)N1C[C@H](OC(=O)N3CCCCC3)[C@H](C)[C@H]1c1nc(cs1)-c1nc(cs1)-c1nc(-c3nc(C(N)=O)cs3)ccc1-c1nc(cs1)C(=O)N[C@H]2CC(N)=O. The van der Waals surface area contributed by atoms with Gasteiger partial charge in [0.15, 0.2) is 0 Å². The maximum atomic E-state index is 15.7. The van der Waals surface area contributed by atoms with Crippen molar-refractivity contribution in [3.05, 3.63) is 147 Å². The average Bonchev–Trinajstić information content (AvgIpc) is 2.23. The van der Waals surface area contributed by atoms with Gasteiger partial charge >= 0.3 is 6.09 Å². The summed E-state index contributed by atoms with van der Waals surface area (Å²) in [4.78, 5) is 135. The van der Waals surface area contributed by atoms with E-state index in [1.54, 1.807) is 76.7 Å². The fourth-order valence-electron chi connectivity index (χ4n) is 10.7. The fraction of sp³-hybridized carbons (Fsp3) is 0.288. The molecule has 0 spiro atoms. The van der Waals surface area contributed by atoms with Crippen LogP contribution in [-0.4, -0.2) is 128 Å². The molecule has 7 atom stereocenters. The van der Waals surface area contributed by atoms with Crippen LogP contribution >= 0.6 is 68.0 Å². The van der Waals surface area contributed by atoms with Crippen LogP contribution in [0.1, 0.15) is 130 Å². The lowest BCUT2D eigenvalue weighted by molar-refractivity contribution is -0.134. The summed E-state index contributed by atoms with van der Waals surface area (Å²) < 4.78 is 6.28. The van der Waals surface area contributed by atoms with Crippen LogP contribution in [0.2, 0.25) is 0 Å². The van der Waals surface area contributed by atoms with Gasteiger partial charge in [-0.2, -0.15) is 0 Å². The molecule has 0 saturated carbocycles. The molecule has 2 fully saturated rings. The fourth-order valence-corrected chi connectivity index (χ4v) is 16.0. The molecule has 89 heavy (non-hydrogen) atoms. The summed E-state index contributed by atoms with van der Waals surface area (Å²) in [5.74, 6) is -4.75. The lowest BCUT2D eigenvalue weighted by Gasteiger charge is -2.29. The van der Waals surface area contributed by atoms with Gasteiger partial charge in [0.25, 0.3) is 23.6 Å². The number of likely N-dealkylation sites (tertiary alicyclic amines) is 1. The van der Waals surface area contributed by atoms with Gasteiger partial charge in [-0.1, -0.05) is 49.4 Å². The van der Waals surface area contributed by atoms with E-state index in [2.05, 4.69) is 30.9 Å². The predicted molar refractivity (Wildman–Crippen MR) is 334 cm³/mol. The number of fused-ring (bicyclic) bond motifs is 16. The lowest BCUT2D eigenvalue weighted by atomic mass is 10.00. The molecule has 2 aromatic carbocycles. The minimum absolute atomic E-state index is 0.0105. The third-order valence-electron chi connectivity index (χ3n) is 15.3. The van der Waals surface area contributed by atoms with Gasteiger partial charge in [0, 0.05) is 62.8 Å². The molecule has 3 aliphatic rings. The minimum Gasteiger partial charge on any atom is -0.508 e. The Hall–Kier alpha value is -8.78. The van der Waals surface area contributed by atoms with E-state index in [0.29, 0.717) is 77.5 Å². The number of pyridine rings is 1. The van der Waals surface area contributed by atoms with Gasteiger partial charge in [0.2, 0.25) is 11.8 Å². The van der Waals surface area contributed by atoms with E-state index in [0.717, 1.165) is 53.3 Å². The van der Waals surface area contributed by atoms with Gasteiger partial charge in [-0.05, 0) is 61.6 Å². The zero-order valence-electron chi connectivity index (χ0n) is 47.2. The molecule has 10 bridgehead atoms. The number of piperidine rings is 1. The van der Waals surface area contributed by atoms with E-state index in [-0.39, 0.29) is 51.5 Å². The summed E-state index contributed by atoms with van der Waals surface area (Å²) >= 11 is 6.89. The Bertz CT molecular complexity index is 4170. The maximum Gasteiger partial charge on any atom is 0.410 e. The van der Waals surface area contributed by atoms with Crippen LogP contribution in [0.4, 0.5) is 4.79 Å². The van der Waals surface area contributed by atoms with Gasteiger partial charge in [-0.25, -0.2) is 39.7 Å². The first-order valence-corrected chi connectivity index (χ1v) is 33.2. The van der Waals surface area contributed by atoms with E-state index >= 15 is 4.79 Å². The van der Waals surface area contributed by atoms with Crippen molar-refractivity contribution >= 4 is 110 Å². The van der Waals surface area contributed by atoms with Crippen molar-refractivity contribution in [2.75, 3.05) is 19.6 Å². The quantitative estimate of drug-likeness (QED) is 0.0719. The average molecular weight is 1310 g/mol. The number of phenolic OH excluding ortho intramolecular Hbond substituents is 1. The number of aromatic hydroxyl groups is 1. The second kappa shape index (κ2) is 25.7. The highest BCUT2D eigenvalue weighted by molar-refractivity contribution is 7.15. The molecule has 7 amide bonds. The number of thiazole rings is 6. The number of hydrogen-bond donors (Lipinski definition) is 7. The number of hydrogen-bond acceptors (Lipinski definition) is 23. The molecule has 30 heteroatoms. The van der Waals surface area contributed by atoms with Crippen molar-refractivity contribution in [3.63, 3.8) is 0 Å². The zero-order valence-corrected chi connectivity index (χ0v) is 52.1. The molecule has 7 aromatic heterocycles. The Morgan fingerprint density at radius 3 is 2.06 bits per heavy atom. The van der Waals surface area contributed by atoms with Crippen LogP contribution in [0.5, 0.6) is 5.75 Å². The number of carbonyl (C=O) groups excluding carboxylic acids is 7. The third-order valence-corrected chi connectivity index (χ3v) is 20.8. The molecule has 0 radical (unpaired) electrons. The Kier molecular flexibility index (Phi) is 17.5. The summed E-state index contributed by atoms with van der Waals surface area (Å²) in [5.41, 5.74) is 14.2. The molecule has 9 aromatic rings. The van der Waals surface area contributed by atoms with E-state index in [1.165, 1.54) is 62.3 Å². The van der Waals surface area contributed by atoms with Crippen LogP contribution in [-0.2, 0) is 20.7 Å². The second-order valence-electron chi connectivity index (χ2n) is 21.3. The van der Waals surface area contributed by atoms with Crippen molar-refractivity contribution in [1.82, 2.24) is 60.6 Å². The molecule has 10 heterocycles. The molecule has 24 nitrogen and oxygen atoms in total. The summed E-state index contributed by atoms with van der Waals surface area (Å²) in [7, 11) is 0. The minimum atomic E-state index is -1.42. The molecule has 12 rings (SSSR count). The molecular formula is C59H54N14O10S6. The number of amides is 7. The summed E-state index contributed by atoms with van der Waals surface area (Å²) in [6.45, 7) is 4.53. The number of benzene rings is 2. The van der Waals surface area contributed by atoms with E-state index in [1.807, 2.05) is 12.3 Å². The lowest BCUT2D eigenvalue weighted by Crippen LogP contribution is -2.50. The Balaban J connectivity index is 0.973. The van der Waals surface area contributed by atoms with Crippen LogP contribution < -0.4 is 27.4 Å². The highest BCUT2D eigenvalue weighted by Crippen LogP contribution is 2.44. The predicted octanol–water partition coefficient (Wildman–Crippen LogP) is 8.02. The molecule has 3 aliphatic heterocycles. The molecular weight excluding hydrogens is 1260 g/mol. The second-order valence-corrected chi connectivity index (χ2v) is 26.9. The highest BCUT2D eigenvalue weighted by Gasteiger charge is 2.48. The number of rotatable bonds is 9. The van der Waals surface area contributed by atoms with Gasteiger partial charge in [0.05, 0.1) is 30.7 Å². The molecule has 0 unspecified atom stereocenters. The number of nitrogens with two attached hydrogens (primary N) is 2. The Morgan fingerprint density at radius 2 is 1.31 bits per heavy atom. The van der Waals surface area contributed by atoms with Crippen molar-refractivity contribution in [2.45, 2.75) is 82.3 Å². The number of aryl methyl sites for hydroxylation is 1. The van der Waals surface area contributed by atoms with Crippen LogP contribution in [0.25, 0.3) is 43.4 Å². The number of aliphatic hydroxyl groups is 1.